The molecule has 6 nitrogen and oxygen atoms in total. The summed E-state index contributed by atoms with van der Waals surface area (Å²) in [6.45, 7) is 2.20. The molecule has 1 aromatic heterocycles. The first kappa shape index (κ1) is 21.0. The highest BCUT2D eigenvalue weighted by atomic mass is 32.2. The van der Waals surface area contributed by atoms with E-state index in [1.54, 1.807) is 5.01 Å². The maximum atomic E-state index is 12.9. The van der Waals surface area contributed by atoms with Gasteiger partial charge in [0.05, 0.1) is 42.5 Å². The molecule has 3 heterocycles. The molecule has 32 heavy (non-hydrogen) atoms. The molecule has 1 amide bonds. The maximum Gasteiger partial charge on any atom is 0.253 e. The van der Waals surface area contributed by atoms with Gasteiger partial charge in [0.25, 0.3) is 5.91 Å². The van der Waals surface area contributed by atoms with Gasteiger partial charge in [-0.25, -0.2) is 9.99 Å². The van der Waals surface area contributed by atoms with Crippen LogP contribution in [0.15, 0.2) is 77.1 Å². The third kappa shape index (κ3) is 4.64. The fraction of sp³-hybridized carbons (Fsp3) is 0.320. The molecule has 3 aromatic rings. The predicted molar refractivity (Wildman–Crippen MR) is 127 cm³/mol. The molecule has 2 aliphatic heterocycles. The van der Waals surface area contributed by atoms with Crippen LogP contribution in [0.4, 0.5) is 0 Å². The molecule has 0 aliphatic carbocycles. The predicted octanol–water partition coefficient (Wildman–Crippen LogP) is 4.46. The van der Waals surface area contributed by atoms with Gasteiger partial charge < -0.3 is 9.30 Å². The SMILES string of the molecule is O=C(CSc1ncc(-c2ccccc2)n1C[C@@H]1CCCO1)N1CCC(c2ccccc2)=N1. The van der Waals surface area contributed by atoms with E-state index < -0.39 is 0 Å². The summed E-state index contributed by atoms with van der Waals surface area (Å²) >= 11 is 1.47. The van der Waals surface area contributed by atoms with Gasteiger partial charge in [0.15, 0.2) is 5.16 Å². The van der Waals surface area contributed by atoms with E-state index in [0.717, 1.165) is 60.1 Å². The number of rotatable bonds is 7. The average molecular weight is 447 g/mol. The highest BCUT2D eigenvalue weighted by molar-refractivity contribution is 7.99. The van der Waals surface area contributed by atoms with Gasteiger partial charge in [-0.1, -0.05) is 72.4 Å². The molecule has 0 spiro atoms. The Labute approximate surface area is 192 Å². The number of ether oxygens (including phenoxy) is 1. The minimum absolute atomic E-state index is 0.00820. The van der Waals surface area contributed by atoms with E-state index in [1.807, 2.05) is 54.7 Å². The van der Waals surface area contributed by atoms with Crippen LogP contribution in [0.25, 0.3) is 11.3 Å². The minimum atomic E-state index is 0.00820. The lowest BCUT2D eigenvalue weighted by molar-refractivity contribution is -0.127. The summed E-state index contributed by atoms with van der Waals surface area (Å²) in [5.41, 5.74) is 4.22. The van der Waals surface area contributed by atoms with Gasteiger partial charge in [-0.2, -0.15) is 5.10 Å². The number of benzene rings is 2. The van der Waals surface area contributed by atoms with Crippen molar-refractivity contribution in [2.75, 3.05) is 18.9 Å². The molecular formula is C25H26N4O2S. The van der Waals surface area contributed by atoms with E-state index in [2.05, 4.69) is 26.8 Å². The van der Waals surface area contributed by atoms with Crippen LogP contribution in [0, 0.1) is 0 Å². The lowest BCUT2D eigenvalue weighted by atomic mass is 10.1. The van der Waals surface area contributed by atoms with Gasteiger partial charge in [0, 0.05) is 13.0 Å². The van der Waals surface area contributed by atoms with Gasteiger partial charge >= 0.3 is 0 Å². The lowest BCUT2D eigenvalue weighted by Crippen LogP contribution is -2.25. The zero-order valence-electron chi connectivity index (χ0n) is 17.9. The second-order valence-corrected chi connectivity index (χ2v) is 8.95. The highest BCUT2D eigenvalue weighted by Gasteiger charge is 2.24. The second-order valence-electron chi connectivity index (χ2n) is 8.01. The zero-order chi connectivity index (χ0) is 21.8. The Morgan fingerprint density at radius 1 is 1.06 bits per heavy atom. The number of carbonyl (C=O) groups is 1. The number of thioether (sulfide) groups is 1. The molecule has 5 rings (SSSR count). The molecule has 0 radical (unpaired) electrons. The molecule has 0 saturated carbocycles. The van der Waals surface area contributed by atoms with Crippen LogP contribution in [0.2, 0.25) is 0 Å². The van der Waals surface area contributed by atoms with E-state index >= 15 is 0 Å². The first-order valence-corrected chi connectivity index (χ1v) is 12.0. The number of imidazole rings is 1. The van der Waals surface area contributed by atoms with Crippen molar-refractivity contribution in [2.45, 2.75) is 37.1 Å². The summed E-state index contributed by atoms with van der Waals surface area (Å²) < 4.78 is 8.08. The minimum Gasteiger partial charge on any atom is -0.376 e. The van der Waals surface area contributed by atoms with Crippen LogP contribution in [-0.4, -0.2) is 51.2 Å². The molecule has 2 aromatic carbocycles. The number of amides is 1. The molecule has 0 unspecified atom stereocenters. The summed E-state index contributed by atoms with van der Waals surface area (Å²) in [6.07, 6.45) is 5.03. The zero-order valence-corrected chi connectivity index (χ0v) is 18.7. The van der Waals surface area contributed by atoms with Crippen molar-refractivity contribution in [3.05, 3.63) is 72.4 Å². The molecule has 1 atom stereocenters. The second kappa shape index (κ2) is 9.71. The third-order valence-corrected chi connectivity index (χ3v) is 6.80. The van der Waals surface area contributed by atoms with Crippen molar-refractivity contribution in [2.24, 2.45) is 5.10 Å². The maximum absolute atomic E-state index is 12.9. The summed E-state index contributed by atoms with van der Waals surface area (Å²) in [5.74, 6) is 0.316. The van der Waals surface area contributed by atoms with Crippen molar-refractivity contribution in [1.29, 1.82) is 0 Å². The van der Waals surface area contributed by atoms with Gasteiger partial charge in [-0.3, -0.25) is 4.79 Å². The van der Waals surface area contributed by atoms with Gasteiger partial charge in [0.2, 0.25) is 0 Å². The molecular weight excluding hydrogens is 420 g/mol. The van der Waals surface area contributed by atoms with Crippen LogP contribution in [0.5, 0.6) is 0 Å². The first-order chi connectivity index (χ1) is 15.8. The van der Waals surface area contributed by atoms with Crippen molar-refractivity contribution in [3.63, 3.8) is 0 Å². The summed E-state index contributed by atoms with van der Waals surface area (Å²) in [4.78, 5) is 17.5. The van der Waals surface area contributed by atoms with E-state index in [-0.39, 0.29) is 12.0 Å². The van der Waals surface area contributed by atoms with Crippen molar-refractivity contribution < 1.29 is 9.53 Å². The summed E-state index contributed by atoms with van der Waals surface area (Å²) in [5, 5.41) is 7.01. The third-order valence-electron chi connectivity index (χ3n) is 5.82. The molecule has 1 fully saturated rings. The van der Waals surface area contributed by atoms with Crippen LogP contribution in [0.3, 0.4) is 0 Å². The first-order valence-electron chi connectivity index (χ1n) is 11.1. The number of nitrogens with zero attached hydrogens (tertiary/aromatic N) is 4. The van der Waals surface area contributed by atoms with Crippen molar-refractivity contribution in [1.82, 2.24) is 14.6 Å². The molecule has 0 bridgehead atoms. The van der Waals surface area contributed by atoms with Gasteiger partial charge in [-0.15, -0.1) is 0 Å². The van der Waals surface area contributed by atoms with E-state index in [9.17, 15) is 4.79 Å². The molecule has 0 N–H and O–H groups in total. The normalized spacial score (nSPS) is 18.2. The van der Waals surface area contributed by atoms with Gasteiger partial charge in [0.1, 0.15) is 0 Å². The number of hydrogen-bond acceptors (Lipinski definition) is 5. The number of hydrogen-bond donors (Lipinski definition) is 0. The fourth-order valence-electron chi connectivity index (χ4n) is 4.15. The van der Waals surface area contributed by atoms with Crippen molar-refractivity contribution >= 4 is 23.4 Å². The number of carbonyl (C=O) groups excluding carboxylic acids is 1. The van der Waals surface area contributed by atoms with Crippen LogP contribution in [0.1, 0.15) is 24.8 Å². The average Bonchev–Trinajstić information content (AvgIpc) is 3.61. The lowest BCUT2D eigenvalue weighted by Gasteiger charge is -2.16. The quantitative estimate of drug-likeness (QED) is 0.503. The monoisotopic (exact) mass is 446 g/mol. The fourth-order valence-corrected chi connectivity index (χ4v) is 5.01. The summed E-state index contributed by atoms with van der Waals surface area (Å²) in [6, 6.07) is 20.3. The standard InChI is InChI=1S/C25H26N4O2S/c30-24(29-14-13-22(27-29)19-8-3-1-4-9-19)18-32-25-26-16-23(20-10-5-2-6-11-20)28(25)17-21-12-7-15-31-21/h1-6,8-11,16,21H,7,12-15,17-18H2/t21-/m0/s1. The number of aromatic nitrogens is 2. The van der Waals surface area contributed by atoms with Crippen LogP contribution >= 0.6 is 11.8 Å². The Morgan fingerprint density at radius 3 is 2.53 bits per heavy atom. The van der Waals surface area contributed by atoms with Crippen LogP contribution < -0.4 is 0 Å². The Hall–Kier alpha value is -2.90. The Bertz CT molecular complexity index is 1090. The van der Waals surface area contributed by atoms with E-state index in [0.29, 0.717) is 12.3 Å². The Morgan fingerprint density at radius 2 is 1.81 bits per heavy atom. The van der Waals surface area contributed by atoms with E-state index in [4.69, 9.17) is 4.74 Å². The molecule has 164 valence electrons. The molecule has 2 aliphatic rings. The van der Waals surface area contributed by atoms with Gasteiger partial charge in [-0.05, 0) is 24.0 Å². The Kier molecular flexibility index (Phi) is 6.36. The molecule has 7 heteroatoms. The number of hydrazone groups is 1. The topological polar surface area (TPSA) is 59.7 Å². The van der Waals surface area contributed by atoms with Crippen LogP contribution in [-0.2, 0) is 16.1 Å². The Balaban J connectivity index is 1.30. The molecule has 1 saturated heterocycles. The van der Waals surface area contributed by atoms with E-state index in [1.165, 1.54) is 11.8 Å². The van der Waals surface area contributed by atoms with Crippen molar-refractivity contribution in [3.8, 4) is 11.3 Å². The smallest absolute Gasteiger partial charge is 0.253 e. The highest BCUT2D eigenvalue weighted by Crippen LogP contribution is 2.28. The summed E-state index contributed by atoms with van der Waals surface area (Å²) in [7, 11) is 0. The largest absolute Gasteiger partial charge is 0.376 e.